The van der Waals surface area contributed by atoms with E-state index in [1.807, 2.05) is 0 Å². The highest BCUT2D eigenvalue weighted by molar-refractivity contribution is 5.88. The van der Waals surface area contributed by atoms with E-state index in [2.05, 4.69) is 0 Å². The number of benzene rings is 2. The van der Waals surface area contributed by atoms with Crippen LogP contribution in [0.2, 0.25) is 0 Å². The molecule has 12 N–H and O–H groups in total. The van der Waals surface area contributed by atoms with Crippen molar-refractivity contribution in [3.8, 4) is 40.1 Å². The lowest BCUT2D eigenvalue weighted by atomic mass is 9.98. The molecule has 3 saturated heterocycles. The number of phenols is 4. The lowest BCUT2D eigenvalue weighted by Gasteiger charge is -2.45. The molecule has 0 amide bonds. The standard InChI is InChI=1S/C32H38O19/c1-10-21(38)25(42)29(51-30-26(43)22(39)17(37)8-45-30)32(47-10)46-9-20-23(40)24(41)27(44)31(50-20)49-19-7-13-15(35)5-12(33)6-18(13)48-28(19)11-2-3-14(34)16(36)4-11/h2-7,10,17,20-27,29-32,37-44H,8-9H2,1H3,(H3-,33,34,35,36)/p+1/t10-,17+,20+,21-,22-,23+,24-,25+,26+,27+,29+,30-,31+,32+/m0/s1. The van der Waals surface area contributed by atoms with Crippen molar-refractivity contribution < 1.29 is 94.1 Å². The fraction of sp³-hybridized carbons (Fsp3) is 0.531. The van der Waals surface area contributed by atoms with Gasteiger partial charge in [-0.05, 0) is 19.1 Å². The molecule has 0 spiro atoms. The fourth-order valence-corrected chi connectivity index (χ4v) is 5.94. The van der Waals surface area contributed by atoms with Gasteiger partial charge < -0.3 is 89.7 Å². The highest BCUT2D eigenvalue weighted by Crippen LogP contribution is 2.42. The summed E-state index contributed by atoms with van der Waals surface area (Å²) in [6, 6.07) is 7.10. The van der Waals surface area contributed by atoms with Crippen molar-refractivity contribution in [2.24, 2.45) is 0 Å². The Bertz CT molecular complexity index is 1690. The largest absolute Gasteiger partial charge is 0.507 e. The number of aromatic hydroxyl groups is 4. The number of hydrogen-bond acceptors (Lipinski definition) is 18. The summed E-state index contributed by atoms with van der Waals surface area (Å²) in [6.07, 6.45) is -22.6. The Labute approximate surface area is 287 Å². The van der Waals surface area contributed by atoms with Gasteiger partial charge in [0.15, 0.2) is 24.1 Å². The van der Waals surface area contributed by atoms with Gasteiger partial charge in [-0.25, -0.2) is 4.42 Å². The van der Waals surface area contributed by atoms with Crippen LogP contribution in [0.1, 0.15) is 6.92 Å². The maximum atomic E-state index is 10.9. The molecule has 0 aliphatic carbocycles. The van der Waals surface area contributed by atoms with Gasteiger partial charge in [-0.2, -0.15) is 0 Å². The molecule has 51 heavy (non-hydrogen) atoms. The summed E-state index contributed by atoms with van der Waals surface area (Å²) in [5, 5.41) is 124. The van der Waals surface area contributed by atoms with Gasteiger partial charge >= 0.3 is 11.3 Å². The van der Waals surface area contributed by atoms with E-state index in [-0.39, 0.29) is 33.8 Å². The molecule has 0 saturated carbocycles. The first kappa shape index (κ1) is 37.1. The Morgan fingerprint density at radius 1 is 0.706 bits per heavy atom. The Hall–Kier alpha value is -3.67. The summed E-state index contributed by atoms with van der Waals surface area (Å²) in [7, 11) is 0. The molecule has 1 aromatic heterocycles. The Balaban J connectivity index is 1.24. The summed E-state index contributed by atoms with van der Waals surface area (Å²) < 4.78 is 39.9. The first-order valence-corrected chi connectivity index (χ1v) is 15.8. The van der Waals surface area contributed by atoms with Crippen molar-refractivity contribution in [1.82, 2.24) is 0 Å². The predicted octanol–water partition coefficient (Wildman–Crippen LogP) is -2.30. The number of ether oxygens (including phenoxy) is 6. The normalized spacial score (nSPS) is 37.4. The van der Waals surface area contributed by atoms with Gasteiger partial charge in [0.25, 0.3) is 0 Å². The van der Waals surface area contributed by atoms with E-state index in [0.717, 1.165) is 18.2 Å². The number of aliphatic hydroxyl groups excluding tert-OH is 8. The third-order valence-electron chi connectivity index (χ3n) is 8.92. The van der Waals surface area contributed by atoms with E-state index in [0.29, 0.717) is 0 Å². The molecule has 0 bridgehead atoms. The predicted molar refractivity (Wildman–Crippen MR) is 165 cm³/mol. The molecule has 0 unspecified atom stereocenters. The van der Waals surface area contributed by atoms with Crippen LogP contribution in [-0.2, 0) is 23.7 Å². The van der Waals surface area contributed by atoms with Crippen molar-refractivity contribution in [3.05, 3.63) is 36.4 Å². The van der Waals surface area contributed by atoms with Crippen molar-refractivity contribution in [2.45, 2.75) is 92.9 Å². The monoisotopic (exact) mass is 727 g/mol. The van der Waals surface area contributed by atoms with Crippen molar-refractivity contribution in [3.63, 3.8) is 0 Å². The molecule has 19 heteroatoms. The van der Waals surface area contributed by atoms with Gasteiger partial charge in [-0.1, -0.05) is 0 Å². The second-order valence-corrected chi connectivity index (χ2v) is 12.5. The highest BCUT2D eigenvalue weighted by atomic mass is 16.8. The van der Waals surface area contributed by atoms with Crippen molar-refractivity contribution in [2.75, 3.05) is 13.2 Å². The lowest BCUT2D eigenvalue weighted by Crippen LogP contribution is -2.63. The molecule has 3 aliphatic rings. The molecule has 2 aromatic carbocycles. The topological polar surface area (TPSA) is 309 Å². The zero-order chi connectivity index (χ0) is 36.9. The van der Waals surface area contributed by atoms with Crippen LogP contribution in [0.3, 0.4) is 0 Å². The maximum absolute atomic E-state index is 10.9. The summed E-state index contributed by atoms with van der Waals surface area (Å²) >= 11 is 0. The summed E-state index contributed by atoms with van der Waals surface area (Å²) in [6.45, 7) is 0.367. The van der Waals surface area contributed by atoms with E-state index in [1.54, 1.807) is 0 Å². The van der Waals surface area contributed by atoms with Gasteiger partial charge in [-0.15, -0.1) is 0 Å². The quantitative estimate of drug-likeness (QED) is 0.0857. The van der Waals surface area contributed by atoms with E-state index in [1.165, 1.54) is 25.1 Å². The molecule has 4 heterocycles. The van der Waals surface area contributed by atoms with E-state index < -0.39 is 116 Å². The maximum Gasteiger partial charge on any atom is 0.402 e. The summed E-state index contributed by atoms with van der Waals surface area (Å²) in [5.41, 5.74) is 0.0946. The minimum Gasteiger partial charge on any atom is -0.507 e. The first-order valence-electron chi connectivity index (χ1n) is 15.8. The van der Waals surface area contributed by atoms with E-state index in [9.17, 15) is 61.3 Å². The summed E-state index contributed by atoms with van der Waals surface area (Å²) in [4.78, 5) is 0. The Morgan fingerprint density at radius 2 is 1.43 bits per heavy atom. The molecular weight excluding hydrogens is 688 g/mol. The minimum atomic E-state index is -1.90. The van der Waals surface area contributed by atoms with Gasteiger partial charge in [0.05, 0.1) is 30.9 Å². The molecule has 3 aromatic rings. The second kappa shape index (κ2) is 14.8. The van der Waals surface area contributed by atoms with Crippen LogP contribution >= 0.6 is 0 Å². The van der Waals surface area contributed by atoms with Crippen LogP contribution in [0.4, 0.5) is 0 Å². The van der Waals surface area contributed by atoms with Crippen molar-refractivity contribution >= 4 is 11.0 Å². The number of phenolic OH excluding ortho intramolecular Hbond substituents is 4. The average molecular weight is 728 g/mol. The molecule has 6 rings (SSSR count). The second-order valence-electron chi connectivity index (χ2n) is 12.5. The molecule has 14 atom stereocenters. The van der Waals surface area contributed by atoms with E-state index >= 15 is 0 Å². The first-order chi connectivity index (χ1) is 24.1. The minimum absolute atomic E-state index is 0.0307. The van der Waals surface area contributed by atoms with Crippen molar-refractivity contribution in [1.29, 1.82) is 0 Å². The average Bonchev–Trinajstić information content (AvgIpc) is 3.09. The molecule has 19 nitrogen and oxygen atoms in total. The molecule has 0 radical (unpaired) electrons. The van der Waals surface area contributed by atoms with Crippen LogP contribution in [-0.4, -0.2) is 161 Å². The zero-order valence-electron chi connectivity index (χ0n) is 26.7. The third-order valence-corrected chi connectivity index (χ3v) is 8.92. The number of fused-ring (bicyclic) bond motifs is 1. The Morgan fingerprint density at radius 3 is 2.16 bits per heavy atom. The smallest absolute Gasteiger partial charge is 0.402 e. The molecule has 3 aliphatic heterocycles. The third kappa shape index (κ3) is 7.35. The highest BCUT2D eigenvalue weighted by Gasteiger charge is 2.50. The molecular formula is C32H39O19+. The number of aliphatic hydroxyl groups is 8. The van der Waals surface area contributed by atoms with Crippen LogP contribution in [0.5, 0.6) is 28.7 Å². The molecule has 280 valence electrons. The van der Waals surface area contributed by atoms with Gasteiger partial charge in [0, 0.05) is 18.2 Å². The zero-order valence-corrected chi connectivity index (χ0v) is 26.7. The summed E-state index contributed by atoms with van der Waals surface area (Å²) in [5.74, 6) is -2.12. The fourth-order valence-electron chi connectivity index (χ4n) is 5.94. The van der Waals surface area contributed by atoms with Gasteiger partial charge in [0.1, 0.15) is 77.9 Å². The molecule has 3 fully saturated rings. The lowest BCUT2D eigenvalue weighted by molar-refractivity contribution is -0.359. The Kier molecular flexibility index (Phi) is 10.7. The van der Waals surface area contributed by atoms with Crippen LogP contribution in [0.25, 0.3) is 22.3 Å². The van der Waals surface area contributed by atoms with Crippen LogP contribution < -0.4 is 4.74 Å². The number of rotatable bonds is 8. The van der Waals surface area contributed by atoms with Crippen LogP contribution in [0, 0.1) is 0 Å². The van der Waals surface area contributed by atoms with Crippen LogP contribution in [0.15, 0.2) is 40.8 Å². The van der Waals surface area contributed by atoms with Gasteiger partial charge in [0.2, 0.25) is 12.0 Å². The SMILES string of the molecule is C[C@@H]1O[C@@H](OC[C@H]2O[C@@H](Oc3cc4c(O)cc(O)cc4[o+]c3-c3ccc(O)c(O)c3)[C@H](O)[C@@H](O)[C@@H]2O)[C@H](O[C@@H]2OC[C@@H](O)[C@H](O)[C@H]2O)[C@H](O)[C@H]1O. The van der Waals surface area contributed by atoms with Gasteiger partial charge in [-0.3, -0.25) is 0 Å². The van der Waals surface area contributed by atoms with E-state index in [4.69, 9.17) is 32.8 Å². The number of hydrogen-bond donors (Lipinski definition) is 12.